The van der Waals surface area contributed by atoms with E-state index >= 15 is 0 Å². The maximum absolute atomic E-state index is 12.5. The van der Waals surface area contributed by atoms with Crippen molar-refractivity contribution in [3.05, 3.63) is 29.3 Å². The molecule has 0 spiro atoms. The van der Waals surface area contributed by atoms with Gasteiger partial charge in [0.25, 0.3) is 5.91 Å². The molecular formula is C14H21N3O3S. The minimum absolute atomic E-state index is 0.0566. The van der Waals surface area contributed by atoms with E-state index in [2.05, 4.69) is 5.32 Å². The average Bonchev–Trinajstić information content (AvgIpc) is 2.35. The zero-order valence-corrected chi connectivity index (χ0v) is 13.3. The van der Waals surface area contributed by atoms with E-state index in [1.54, 1.807) is 17.9 Å². The van der Waals surface area contributed by atoms with Gasteiger partial charge in [0.1, 0.15) is 0 Å². The minimum atomic E-state index is -3.75. The number of carbonyl (C=O) groups excluding carboxylic acids is 1. The lowest BCUT2D eigenvalue weighted by atomic mass is 10.1. The zero-order chi connectivity index (χ0) is 15.8. The Morgan fingerprint density at radius 1 is 1.29 bits per heavy atom. The molecule has 0 aliphatic carbocycles. The largest absolute Gasteiger partial charge is 0.336 e. The van der Waals surface area contributed by atoms with Gasteiger partial charge in [0.15, 0.2) is 0 Å². The average molecular weight is 311 g/mol. The van der Waals surface area contributed by atoms with Gasteiger partial charge in [0.2, 0.25) is 10.0 Å². The van der Waals surface area contributed by atoms with Gasteiger partial charge >= 0.3 is 0 Å². The van der Waals surface area contributed by atoms with E-state index in [0.29, 0.717) is 24.2 Å². The van der Waals surface area contributed by atoms with Crippen LogP contribution in [0.5, 0.6) is 0 Å². The molecule has 1 aliphatic heterocycles. The van der Waals surface area contributed by atoms with Crippen LogP contribution in [-0.2, 0) is 10.0 Å². The van der Waals surface area contributed by atoms with Crippen molar-refractivity contribution in [3.63, 3.8) is 0 Å². The zero-order valence-electron chi connectivity index (χ0n) is 12.5. The number of nitrogens with zero attached hydrogens (tertiary/aromatic N) is 1. The number of rotatable bonds is 2. The molecule has 0 unspecified atom stereocenters. The fraction of sp³-hybridized carbons (Fsp3) is 0.500. The molecule has 1 aliphatic rings. The maximum Gasteiger partial charge on any atom is 0.253 e. The van der Waals surface area contributed by atoms with Crippen LogP contribution in [0.25, 0.3) is 0 Å². The van der Waals surface area contributed by atoms with Crippen LogP contribution < -0.4 is 10.5 Å². The molecule has 0 radical (unpaired) electrons. The number of piperazine rings is 1. The normalized spacial score (nSPS) is 23.1. The molecule has 1 heterocycles. The van der Waals surface area contributed by atoms with Crippen LogP contribution in [0.15, 0.2) is 23.1 Å². The monoisotopic (exact) mass is 311 g/mol. The third-order valence-corrected chi connectivity index (χ3v) is 4.64. The van der Waals surface area contributed by atoms with E-state index in [1.807, 2.05) is 13.8 Å². The molecule has 116 valence electrons. The van der Waals surface area contributed by atoms with Crippen molar-refractivity contribution >= 4 is 15.9 Å². The number of primary sulfonamides is 1. The van der Waals surface area contributed by atoms with Gasteiger partial charge in [-0.25, -0.2) is 13.6 Å². The number of hydrogen-bond acceptors (Lipinski definition) is 4. The second-order valence-electron chi connectivity index (χ2n) is 5.70. The highest BCUT2D eigenvalue weighted by Crippen LogP contribution is 2.17. The van der Waals surface area contributed by atoms with E-state index in [0.717, 1.165) is 0 Å². The molecule has 1 fully saturated rings. The molecule has 2 rings (SSSR count). The van der Waals surface area contributed by atoms with E-state index in [-0.39, 0.29) is 22.9 Å². The van der Waals surface area contributed by atoms with Crippen LogP contribution in [0.2, 0.25) is 0 Å². The summed E-state index contributed by atoms with van der Waals surface area (Å²) in [6.07, 6.45) is 0. The molecule has 21 heavy (non-hydrogen) atoms. The summed E-state index contributed by atoms with van der Waals surface area (Å²) in [5.74, 6) is -0.0840. The fourth-order valence-corrected chi connectivity index (χ4v) is 3.54. The second kappa shape index (κ2) is 5.75. The van der Waals surface area contributed by atoms with Crippen LogP contribution in [0, 0.1) is 6.92 Å². The first kappa shape index (κ1) is 15.9. The smallest absolute Gasteiger partial charge is 0.253 e. The van der Waals surface area contributed by atoms with E-state index in [4.69, 9.17) is 5.14 Å². The number of amides is 1. The van der Waals surface area contributed by atoms with Crippen molar-refractivity contribution in [2.75, 3.05) is 13.1 Å². The first-order valence-corrected chi connectivity index (χ1v) is 8.42. The maximum atomic E-state index is 12.5. The van der Waals surface area contributed by atoms with Gasteiger partial charge in [-0.1, -0.05) is 0 Å². The molecule has 6 nitrogen and oxygen atoms in total. The Bertz CT molecular complexity index is 647. The van der Waals surface area contributed by atoms with Crippen LogP contribution in [-0.4, -0.2) is 44.4 Å². The molecule has 7 heteroatoms. The molecule has 1 aromatic rings. The number of carbonyl (C=O) groups is 1. The molecule has 3 N–H and O–H groups in total. The Balaban J connectivity index is 2.26. The Hall–Kier alpha value is -1.44. The SMILES string of the molecule is Cc1cc(C(=O)N2C[C@H](C)N[C@@H](C)C2)ccc1S(N)(=O)=O. The Kier molecular flexibility index (Phi) is 4.36. The van der Waals surface area contributed by atoms with Crippen molar-refractivity contribution in [1.29, 1.82) is 0 Å². The lowest BCUT2D eigenvalue weighted by Crippen LogP contribution is -2.55. The van der Waals surface area contributed by atoms with Crippen molar-refractivity contribution in [2.24, 2.45) is 5.14 Å². The Morgan fingerprint density at radius 2 is 1.86 bits per heavy atom. The number of sulfonamides is 1. The lowest BCUT2D eigenvalue weighted by molar-refractivity contribution is 0.0673. The van der Waals surface area contributed by atoms with Gasteiger partial charge in [-0.05, 0) is 44.5 Å². The Morgan fingerprint density at radius 3 is 2.33 bits per heavy atom. The van der Waals surface area contributed by atoms with E-state index in [9.17, 15) is 13.2 Å². The van der Waals surface area contributed by atoms with Crippen LogP contribution in [0.1, 0.15) is 29.8 Å². The standard InChI is InChI=1S/C14H21N3O3S/c1-9-6-12(4-5-13(9)21(15,19)20)14(18)17-7-10(2)16-11(3)8-17/h4-6,10-11,16H,7-8H2,1-3H3,(H2,15,19,20)/t10-,11-/m0/s1. The second-order valence-corrected chi connectivity index (χ2v) is 7.23. The number of nitrogens with two attached hydrogens (primary N) is 1. The predicted molar refractivity (Wildman–Crippen MR) is 80.5 cm³/mol. The highest BCUT2D eigenvalue weighted by molar-refractivity contribution is 7.89. The van der Waals surface area contributed by atoms with Crippen molar-refractivity contribution in [3.8, 4) is 0 Å². The molecule has 0 bridgehead atoms. The van der Waals surface area contributed by atoms with Gasteiger partial charge in [-0.2, -0.15) is 0 Å². The molecular weight excluding hydrogens is 290 g/mol. The van der Waals surface area contributed by atoms with Crippen molar-refractivity contribution < 1.29 is 13.2 Å². The predicted octanol–water partition coefficient (Wildman–Crippen LogP) is 0.465. The topological polar surface area (TPSA) is 92.5 Å². The summed E-state index contributed by atoms with van der Waals surface area (Å²) < 4.78 is 22.8. The van der Waals surface area contributed by atoms with Gasteiger partial charge in [0, 0.05) is 30.7 Å². The third kappa shape index (κ3) is 3.61. The van der Waals surface area contributed by atoms with Crippen LogP contribution in [0.4, 0.5) is 0 Å². The lowest BCUT2D eigenvalue weighted by Gasteiger charge is -2.36. The molecule has 1 saturated heterocycles. The number of aryl methyl sites for hydroxylation is 1. The summed E-state index contributed by atoms with van der Waals surface area (Å²) in [7, 11) is -3.75. The minimum Gasteiger partial charge on any atom is -0.336 e. The number of benzene rings is 1. The fourth-order valence-electron chi connectivity index (χ4n) is 2.78. The summed E-state index contributed by atoms with van der Waals surface area (Å²) in [5, 5.41) is 8.50. The molecule has 0 aromatic heterocycles. The Labute approximate surface area is 125 Å². The molecule has 1 aromatic carbocycles. The van der Waals surface area contributed by atoms with E-state index in [1.165, 1.54) is 12.1 Å². The first-order chi connectivity index (χ1) is 9.68. The molecule has 2 atom stereocenters. The highest BCUT2D eigenvalue weighted by atomic mass is 32.2. The number of nitrogens with one attached hydrogen (secondary N) is 1. The van der Waals surface area contributed by atoms with Crippen molar-refractivity contribution in [1.82, 2.24) is 10.2 Å². The highest BCUT2D eigenvalue weighted by Gasteiger charge is 2.26. The summed E-state index contributed by atoms with van der Waals surface area (Å²) >= 11 is 0. The third-order valence-electron chi connectivity index (χ3n) is 3.57. The van der Waals surface area contributed by atoms with E-state index < -0.39 is 10.0 Å². The molecule has 0 saturated carbocycles. The quantitative estimate of drug-likeness (QED) is 0.830. The van der Waals surface area contributed by atoms with Crippen LogP contribution in [0.3, 0.4) is 0 Å². The summed E-state index contributed by atoms with van der Waals surface area (Å²) in [4.78, 5) is 14.4. The molecule has 1 amide bonds. The summed E-state index contributed by atoms with van der Waals surface area (Å²) in [6, 6.07) is 4.98. The summed E-state index contributed by atoms with van der Waals surface area (Å²) in [6.45, 7) is 6.98. The van der Waals surface area contributed by atoms with Gasteiger partial charge in [-0.3, -0.25) is 4.79 Å². The van der Waals surface area contributed by atoms with Crippen LogP contribution >= 0.6 is 0 Å². The van der Waals surface area contributed by atoms with Gasteiger partial charge < -0.3 is 10.2 Å². The van der Waals surface area contributed by atoms with Crippen molar-refractivity contribution in [2.45, 2.75) is 37.8 Å². The van der Waals surface area contributed by atoms with Gasteiger partial charge in [-0.15, -0.1) is 0 Å². The van der Waals surface area contributed by atoms with Gasteiger partial charge in [0.05, 0.1) is 4.90 Å². The first-order valence-electron chi connectivity index (χ1n) is 6.87. The summed E-state index contributed by atoms with van der Waals surface area (Å²) in [5.41, 5.74) is 0.973. The number of hydrogen-bond donors (Lipinski definition) is 2.